The summed E-state index contributed by atoms with van der Waals surface area (Å²) in [7, 11) is 0. The molecule has 0 spiro atoms. The number of alkyl halides is 1. The second-order valence-electron chi connectivity index (χ2n) is 4.47. The highest BCUT2D eigenvalue weighted by Gasteiger charge is 2.23. The lowest BCUT2D eigenvalue weighted by atomic mass is 9.98. The van der Waals surface area contributed by atoms with Gasteiger partial charge in [0.1, 0.15) is 10.9 Å². The molecule has 1 aliphatic rings. The SMILES string of the molecule is O=C(OC1CCCCC1)C(Br)c1ccccc1. The fraction of sp³-hybridized carbons (Fsp3) is 0.500. The van der Waals surface area contributed by atoms with E-state index in [9.17, 15) is 4.79 Å². The molecule has 1 aliphatic carbocycles. The highest BCUT2D eigenvalue weighted by Crippen LogP contribution is 2.27. The van der Waals surface area contributed by atoms with Crippen LogP contribution >= 0.6 is 15.9 Å². The molecule has 17 heavy (non-hydrogen) atoms. The minimum Gasteiger partial charge on any atom is -0.461 e. The van der Waals surface area contributed by atoms with Crippen molar-refractivity contribution < 1.29 is 9.53 Å². The molecule has 0 N–H and O–H groups in total. The van der Waals surface area contributed by atoms with Gasteiger partial charge in [-0.15, -0.1) is 0 Å². The third-order valence-electron chi connectivity index (χ3n) is 3.13. The molecule has 1 aromatic carbocycles. The molecule has 1 unspecified atom stereocenters. The summed E-state index contributed by atoms with van der Waals surface area (Å²) in [5.74, 6) is -0.164. The van der Waals surface area contributed by atoms with E-state index < -0.39 is 0 Å². The van der Waals surface area contributed by atoms with Crippen LogP contribution in [0, 0.1) is 0 Å². The van der Waals surface area contributed by atoms with Crippen LogP contribution in [0.4, 0.5) is 0 Å². The second kappa shape index (κ2) is 6.20. The molecule has 1 saturated carbocycles. The van der Waals surface area contributed by atoms with Crippen molar-refractivity contribution in [2.75, 3.05) is 0 Å². The minimum atomic E-state index is -0.342. The zero-order chi connectivity index (χ0) is 12.1. The van der Waals surface area contributed by atoms with Gasteiger partial charge in [-0.05, 0) is 31.2 Å². The average molecular weight is 297 g/mol. The van der Waals surface area contributed by atoms with Crippen molar-refractivity contribution in [3.8, 4) is 0 Å². The maximum absolute atomic E-state index is 11.9. The first-order valence-corrected chi connectivity index (χ1v) is 7.08. The van der Waals surface area contributed by atoms with Gasteiger partial charge in [0.15, 0.2) is 0 Å². The van der Waals surface area contributed by atoms with Crippen LogP contribution in [-0.4, -0.2) is 12.1 Å². The number of esters is 1. The van der Waals surface area contributed by atoms with Gasteiger partial charge in [-0.25, -0.2) is 0 Å². The van der Waals surface area contributed by atoms with E-state index in [4.69, 9.17) is 4.74 Å². The summed E-state index contributed by atoms with van der Waals surface area (Å²) >= 11 is 3.40. The molecule has 0 aromatic heterocycles. The van der Waals surface area contributed by atoms with E-state index in [-0.39, 0.29) is 16.9 Å². The summed E-state index contributed by atoms with van der Waals surface area (Å²) in [6.45, 7) is 0. The Hall–Kier alpha value is -0.830. The van der Waals surface area contributed by atoms with Gasteiger partial charge in [0, 0.05) is 0 Å². The molecule has 0 amide bonds. The fourth-order valence-electron chi connectivity index (χ4n) is 2.17. The third-order valence-corrected chi connectivity index (χ3v) is 4.04. The van der Waals surface area contributed by atoms with Gasteiger partial charge in [-0.1, -0.05) is 52.7 Å². The van der Waals surface area contributed by atoms with E-state index in [1.54, 1.807) is 0 Å². The quantitative estimate of drug-likeness (QED) is 0.622. The lowest BCUT2D eigenvalue weighted by Gasteiger charge is -2.23. The van der Waals surface area contributed by atoms with Gasteiger partial charge in [-0.2, -0.15) is 0 Å². The highest BCUT2D eigenvalue weighted by atomic mass is 79.9. The van der Waals surface area contributed by atoms with Gasteiger partial charge >= 0.3 is 5.97 Å². The zero-order valence-electron chi connectivity index (χ0n) is 9.77. The van der Waals surface area contributed by atoms with E-state index in [0.717, 1.165) is 18.4 Å². The molecule has 0 radical (unpaired) electrons. The molecule has 2 rings (SSSR count). The molecular weight excluding hydrogens is 280 g/mol. The monoisotopic (exact) mass is 296 g/mol. The first kappa shape index (κ1) is 12.6. The molecule has 1 fully saturated rings. The van der Waals surface area contributed by atoms with E-state index >= 15 is 0 Å². The standard InChI is InChI=1S/C14H17BrO2/c15-13(11-7-3-1-4-8-11)14(16)17-12-9-5-2-6-10-12/h1,3-4,7-8,12-13H,2,5-6,9-10H2. The Morgan fingerprint density at radius 1 is 1.18 bits per heavy atom. The first-order chi connectivity index (χ1) is 8.27. The molecule has 0 saturated heterocycles. The number of ether oxygens (including phenoxy) is 1. The van der Waals surface area contributed by atoms with Crippen molar-refractivity contribution in [3.05, 3.63) is 35.9 Å². The van der Waals surface area contributed by atoms with Crippen LogP contribution in [0.25, 0.3) is 0 Å². The third kappa shape index (κ3) is 3.56. The van der Waals surface area contributed by atoms with E-state index in [0.29, 0.717) is 0 Å². The Morgan fingerprint density at radius 2 is 1.82 bits per heavy atom. The zero-order valence-corrected chi connectivity index (χ0v) is 11.4. The molecule has 0 aliphatic heterocycles. The highest BCUT2D eigenvalue weighted by molar-refractivity contribution is 9.09. The fourth-order valence-corrected chi connectivity index (χ4v) is 2.58. The van der Waals surface area contributed by atoms with Crippen LogP contribution in [0.1, 0.15) is 42.5 Å². The predicted octanol–water partition coefficient (Wildman–Crippen LogP) is 4.00. The lowest BCUT2D eigenvalue weighted by molar-refractivity contribution is -0.149. The Kier molecular flexibility index (Phi) is 4.60. The van der Waals surface area contributed by atoms with Crippen LogP contribution in [0.5, 0.6) is 0 Å². The summed E-state index contributed by atoms with van der Waals surface area (Å²) in [6.07, 6.45) is 5.78. The van der Waals surface area contributed by atoms with Crippen LogP contribution in [-0.2, 0) is 9.53 Å². The van der Waals surface area contributed by atoms with Gasteiger partial charge in [-0.3, -0.25) is 4.79 Å². The van der Waals surface area contributed by atoms with Crippen molar-refractivity contribution in [3.63, 3.8) is 0 Å². The number of hydrogen-bond donors (Lipinski definition) is 0. The molecular formula is C14H17BrO2. The maximum Gasteiger partial charge on any atom is 0.324 e. The van der Waals surface area contributed by atoms with Crippen molar-refractivity contribution in [1.29, 1.82) is 0 Å². The molecule has 0 heterocycles. The van der Waals surface area contributed by atoms with Crippen LogP contribution in [0.2, 0.25) is 0 Å². The van der Waals surface area contributed by atoms with Gasteiger partial charge in [0.2, 0.25) is 0 Å². The molecule has 2 nitrogen and oxygen atoms in total. The molecule has 1 aromatic rings. The maximum atomic E-state index is 11.9. The molecule has 92 valence electrons. The van der Waals surface area contributed by atoms with Crippen LogP contribution < -0.4 is 0 Å². The minimum absolute atomic E-state index is 0.125. The Morgan fingerprint density at radius 3 is 2.47 bits per heavy atom. The van der Waals surface area contributed by atoms with Crippen molar-refractivity contribution >= 4 is 21.9 Å². The Bertz CT molecular complexity index is 358. The van der Waals surface area contributed by atoms with Crippen LogP contribution in [0.3, 0.4) is 0 Å². The van der Waals surface area contributed by atoms with Crippen LogP contribution in [0.15, 0.2) is 30.3 Å². The summed E-state index contributed by atoms with van der Waals surface area (Å²) in [4.78, 5) is 11.6. The summed E-state index contributed by atoms with van der Waals surface area (Å²) in [6, 6.07) is 9.66. The Balaban J connectivity index is 1.91. The number of halogens is 1. The number of benzene rings is 1. The summed E-state index contributed by atoms with van der Waals surface area (Å²) < 4.78 is 5.52. The number of carbonyl (C=O) groups is 1. The first-order valence-electron chi connectivity index (χ1n) is 6.17. The number of rotatable bonds is 3. The van der Waals surface area contributed by atoms with Crippen molar-refractivity contribution in [2.24, 2.45) is 0 Å². The second-order valence-corrected chi connectivity index (χ2v) is 5.39. The van der Waals surface area contributed by atoms with Crippen molar-refractivity contribution in [1.82, 2.24) is 0 Å². The number of carbonyl (C=O) groups excluding carboxylic acids is 1. The summed E-state index contributed by atoms with van der Waals surface area (Å²) in [5.41, 5.74) is 0.952. The van der Waals surface area contributed by atoms with Gasteiger partial charge in [0.05, 0.1) is 0 Å². The predicted molar refractivity (Wildman–Crippen MR) is 71.1 cm³/mol. The smallest absolute Gasteiger partial charge is 0.324 e. The van der Waals surface area contributed by atoms with Crippen molar-refractivity contribution in [2.45, 2.75) is 43.0 Å². The van der Waals surface area contributed by atoms with E-state index in [1.165, 1.54) is 19.3 Å². The summed E-state index contributed by atoms with van der Waals surface area (Å²) in [5, 5.41) is 0. The largest absolute Gasteiger partial charge is 0.461 e. The normalized spacial score (nSPS) is 18.6. The average Bonchev–Trinajstić information content (AvgIpc) is 2.40. The molecule has 0 bridgehead atoms. The lowest BCUT2D eigenvalue weighted by Crippen LogP contribution is -2.23. The van der Waals surface area contributed by atoms with E-state index in [1.807, 2.05) is 30.3 Å². The number of hydrogen-bond acceptors (Lipinski definition) is 2. The van der Waals surface area contributed by atoms with Gasteiger partial charge in [0.25, 0.3) is 0 Å². The Labute approximate surface area is 110 Å². The topological polar surface area (TPSA) is 26.3 Å². The van der Waals surface area contributed by atoms with Gasteiger partial charge < -0.3 is 4.74 Å². The van der Waals surface area contributed by atoms with E-state index in [2.05, 4.69) is 15.9 Å². The molecule has 3 heteroatoms. The molecule has 1 atom stereocenters.